The van der Waals surface area contributed by atoms with Crippen LogP contribution in [0, 0.1) is 5.92 Å². The van der Waals surface area contributed by atoms with Gasteiger partial charge in [-0.15, -0.1) is 12.4 Å². The lowest BCUT2D eigenvalue weighted by molar-refractivity contribution is -0.202. The van der Waals surface area contributed by atoms with E-state index in [4.69, 9.17) is 5.11 Å². The van der Waals surface area contributed by atoms with Gasteiger partial charge in [0.05, 0.1) is 12.5 Å². The number of piperidine rings is 1. The van der Waals surface area contributed by atoms with Gasteiger partial charge >= 0.3 is 6.18 Å². The zero-order chi connectivity index (χ0) is 12.2. The lowest BCUT2D eigenvalue weighted by Crippen LogP contribution is -2.45. The molecule has 1 aliphatic rings. The summed E-state index contributed by atoms with van der Waals surface area (Å²) in [7, 11) is 0. The van der Waals surface area contributed by atoms with Crippen LogP contribution in [-0.4, -0.2) is 42.9 Å². The second-order valence-corrected chi connectivity index (χ2v) is 3.85. The zero-order valence-electron chi connectivity index (χ0n) is 9.09. The molecule has 0 bridgehead atoms. The third-order valence-electron chi connectivity index (χ3n) is 2.52. The van der Waals surface area contributed by atoms with Gasteiger partial charge in [-0.25, -0.2) is 0 Å². The maximum Gasteiger partial charge on any atom is 0.416 e. The summed E-state index contributed by atoms with van der Waals surface area (Å²) in [6.45, 7) is 0.529. The SMILES string of the molecule is Cl.O=C(NCC(O)C(F)(F)F)[C@@H]1CCCNC1. The fourth-order valence-corrected chi connectivity index (χ4v) is 1.53. The molecule has 4 nitrogen and oxygen atoms in total. The molecule has 0 aliphatic carbocycles. The van der Waals surface area contributed by atoms with Crippen LogP contribution in [0.4, 0.5) is 13.2 Å². The Morgan fingerprint density at radius 3 is 2.65 bits per heavy atom. The lowest BCUT2D eigenvalue weighted by atomic mass is 9.99. The molecule has 8 heteroatoms. The predicted octanol–water partition coefficient (Wildman–Crippen LogP) is 0.447. The number of nitrogens with one attached hydrogen (secondary N) is 2. The smallest absolute Gasteiger partial charge is 0.382 e. The first-order chi connectivity index (χ1) is 7.41. The topological polar surface area (TPSA) is 61.4 Å². The molecule has 1 aliphatic heterocycles. The summed E-state index contributed by atoms with van der Waals surface area (Å²) in [6, 6.07) is 0. The number of alkyl halides is 3. The van der Waals surface area contributed by atoms with Crippen molar-refractivity contribution in [2.75, 3.05) is 19.6 Å². The average Bonchev–Trinajstić information content (AvgIpc) is 2.25. The van der Waals surface area contributed by atoms with Gasteiger partial charge in [-0.1, -0.05) is 0 Å². The Balaban J connectivity index is 0.00000256. The molecule has 0 radical (unpaired) electrons. The van der Waals surface area contributed by atoms with Gasteiger partial charge in [-0.2, -0.15) is 13.2 Å². The minimum absolute atomic E-state index is 0. The third-order valence-corrected chi connectivity index (χ3v) is 2.52. The Labute approximate surface area is 103 Å². The summed E-state index contributed by atoms with van der Waals surface area (Å²) < 4.78 is 35.8. The molecule has 2 atom stereocenters. The number of carbonyl (C=O) groups excluding carboxylic acids is 1. The van der Waals surface area contributed by atoms with Crippen molar-refractivity contribution in [2.24, 2.45) is 5.92 Å². The first-order valence-corrected chi connectivity index (χ1v) is 5.14. The lowest BCUT2D eigenvalue weighted by Gasteiger charge is -2.23. The molecule has 1 rings (SSSR count). The molecule has 0 spiro atoms. The van der Waals surface area contributed by atoms with Gasteiger partial charge in [0.25, 0.3) is 0 Å². The van der Waals surface area contributed by atoms with Crippen LogP contribution < -0.4 is 10.6 Å². The highest BCUT2D eigenvalue weighted by Crippen LogP contribution is 2.19. The van der Waals surface area contributed by atoms with E-state index in [2.05, 4.69) is 10.6 Å². The van der Waals surface area contributed by atoms with Crippen molar-refractivity contribution in [3.05, 3.63) is 0 Å². The summed E-state index contributed by atoms with van der Waals surface area (Å²) in [4.78, 5) is 11.4. The van der Waals surface area contributed by atoms with Gasteiger partial charge in [0.15, 0.2) is 6.10 Å². The molecule has 0 aromatic rings. The van der Waals surface area contributed by atoms with Crippen LogP contribution in [0.3, 0.4) is 0 Å². The van der Waals surface area contributed by atoms with Crippen LogP contribution in [0.5, 0.6) is 0 Å². The molecule has 1 amide bonds. The molecule has 17 heavy (non-hydrogen) atoms. The third kappa shape index (κ3) is 5.56. The number of carbonyl (C=O) groups is 1. The molecule has 0 saturated carbocycles. The molecular formula is C9H16ClF3N2O2. The van der Waals surface area contributed by atoms with Crippen molar-refractivity contribution >= 4 is 18.3 Å². The van der Waals surface area contributed by atoms with E-state index in [1.807, 2.05) is 0 Å². The van der Waals surface area contributed by atoms with E-state index in [1.165, 1.54) is 0 Å². The van der Waals surface area contributed by atoms with Crippen molar-refractivity contribution in [2.45, 2.75) is 25.1 Å². The van der Waals surface area contributed by atoms with Crippen LogP contribution in [-0.2, 0) is 4.79 Å². The van der Waals surface area contributed by atoms with Crippen molar-refractivity contribution in [1.29, 1.82) is 0 Å². The number of rotatable bonds is 3. The Kier molecular flexibility index (Phi) is 6.81. The van der Waals surface area contributed by atoms with Crippen molar-refractivity contribution in [3.8, 4) is 0 Å². The molecule has 1 heterocycles. The molecule has 0 aromatic carbocycles. The monoisotopic (exact) mass is 276 g/mol. The summed E-state index contributed by atoms with van der Waals surface area (Å²) in [5.41, 5.74) is 0. The van der Waals surface area contributed by atoms with Crippen molar-refractivity contribution < 1.29 is 23.1 Å². The maximum atomic E-state index is 11.9. The van der Waals surface area contributed by atoms with Crippen molar-refractivity contribution in [3.63, 3.8) is 0 Å². The first kappa shape index (κ1) is 16.5. The minimum atomic E-state index is -4.68. The van der Waals surface area contributed by atoms with Gasteiger partial charge in [-0.05, 0) is 19.4 Å². The molecular weight excluding hydrogens is 261 g/mol. The Bertz CT molecular complexity index is 245. The number of aliphatic hydroxyl groups is 1. The Hall–Kier alpha value is -0.530. The van der Waals surface area contributed by atoms with Crippen LogP contribution in [0.1, 0.15) is 12.8 Å². The highest BCUT2D eigenvalue weighted by molar-refractivity contribution is 5.85. The van der Waals surface area contributed by atoms with E-state index in [1.54, 1.807) is 0 Å². The second-order valence-electron chi connectivity index (χ2n) is 3.85. The van der Waals surface area contributed by atoms with E-state index in [0.29, 0.717) is 13.0 Å². The minimum Gasteiger partial charge on any atom is -0.382 e. The molecule has 3 N–H and O–H groups in total. The highest BCUT2D eigenvalue weighted by Gasteiger charge is 2.38. The number of amides is 1. The van der Waals surface area contributed by atoms with Crippen LogP contribution in [0.2, 0.25) is 0 Å². The molecule has 0 aromatic heterocycles. The highest BCUT2D eigenvalue weighted by atomic mass is 35.5. The number of aliphatic hydroxyl groups excluding tert-OH is 1. The van der Waals surface area contributed by atoms with Gasteiger partial charge in [0, 0.05) is 6.54 Å². The van der Waals surface area contributed by atoms with E-state index in [9.17, 15) is 18.0 Å². The number of hydrogen-bond donors (Lipinski definition) is 3. The van der Waals surface area contributed by atoms with E-state index in [0.717, 1.165) is 13.0 Å². The molecule has 1 fully saturated rings. The molecule has 1 saturated heterocycles. The van der Waals surface area contributed by atoms with Crippen LogP contribution in [0.15, 0.2) is 0 Å². The summed E-state index contributed by atoms with van der Waals surface area (Å²) in [6.07, 6.45) is -5.67. The average molecular weight is 277 g/mol. The van der Waals surface area contributed by atoms with Crippen molar-refractivity contribution in [1.82, 2.24) is 10.6 Å². The van der Waals surface area contributed by atoms with E-state index in [-0.39, 0.29) is 18.3 Å². The largest absolute Gasteiger partial charge is 0.416 e. The summed E-state index contributed by atoms with van der Waals surface area (Å²) in [5.74, 6) is -0.732. The van der Waals surface area contributed by atoms with E-state index >= 15 is 0 Å². The van der Waals surface area contributed by atoms with Gasteiger partial charge in [-0.3, -0.25) is 4.79 Å². The van der Waals surface area contributed by atoms with Crippen LogP contribution >= 0.6 is 12.4 Å². The summed E-state index contributed by atoms with van der Waals surface area (Å²) >= 11 is 0. The Morgan fingerprint density at radius 2 is 2.18 bits per heavy atom. The quantitative estimate of drug-likeness (QED) is 0.701. The predicted molar refractivity (Wildman–Crippen MR) is 57.9 cm³/mol. The van der Waals surface area contributed by atoms with Gasteiger partial charge in [0.1, 0.15) is 0 Å². The molecule has 102 valence electrons. The normalized spacial score (nSPS) is 22.5. The van der Waals surface area contributed by atoms with Crippen LogP contribution in [0.25, 0.3) is 0 Å². The maximum absolute atomic E-state index is 11.9. The first-order valence-electron chi connectivity index (χ1n) is 5.14. The number of hydrogen-bond acceptors (Lipinski definition) is 3. The zero-order valence-corrected chi connectivity index (χ0v) is 9.90. The standard InChI is InChI=1S/C9H15F3N2O2.ClH/c10-9(11,12)7(15)5-14-8(16)6-2-1-3-13-4-6;/h6-7,13,15H,1-5H2,(H,14,16);1H/t6-,7?;/m1./s1. The Morgan fingerprint density at radius 1 is 1.53 bits per heavy atom. The fraction of sp³-hybridized carbons (Fsp3) is 0.889. The molecule has 1 unspecified atom stereocenters. The number of halogens is 4. The van der Waals surface area contributed by atoms with Gasteiger partial charge < -0.3 is 15.7 Å². The van der Waals surface area contributed by atoms with E-state index < -0.39 is 24.7 Å². The second kappa shape index (κ2) is 7.03. The fourth-order valence-electron chi connectivity index (χ4n) is 1.53. The van der Waals surface area contributed by atoms with Gasteiger partial charge in [0.2, 0.25) is 5.91 Å². The summed E-state index contributed by atoms with van der Waals surface area (Å²) in [5, 5.41) is 13.8.